The summed E-state index contributed by atoms with van der Waals surface area (Å²) in [6.07, 6.45) is 7.62. The van der Waals surface area contributed by atoms with Crippen LogP contribution < -0.4 is 5.32 Å². The number of aromatic nitrogens is 1. The maximum Gasteiger partial charge on any atom is 0.0770 e. The van der Waals surface area contributed by atoms with E-state index in [2.05, 4.69) is 16.4 Å². The lowest BCUT2D eigenvalue weighted by Crippen LogP contribution is -2.34. The third-order valence-corrected chi connectivity index (χ3v) is 2.94. The van der Waals surface area contributed by atoms with Crippen LogP contribution in [0.3, 0.4) is 0 Å². The van der Waals surface area contributed by atoms with E-state index in [0.29, 0.717) is 6.10 Å². The SMILES string of the molecule is CNC(c1cccnc1)C1CCCCO1. The molecule has 1 fully saturated rings. The molecular weight excluding hydrogens is 188 g/mol. The number of likely N-dealkylation sites (N-methyl/N-ethyl adjacent to an activating group) is 1. The van der Waals surface area contributed by atoms with Crippen LogP contribution in [0.4, 0.5) is 0 Å². The number of hydrogen-bond acceptors (Lipinski definition) is 3. The van der Waals surface area contributed by atoms with Crippen molar-refractivity contribution >= 4 is 0 Å². The first-order valence-corrected chi connectivity index (χ1v) is 5.60. The van der Waals surface area contributed by atoms with Crippen molar-refractivity contribution in [1.29, 1.82) is 0 Å². The van der Waals surface area contributed by atoms with Gasteiger partial charge in [0, 0.05) is 19.0 Å². The minimum atomic E-state index is 0.277. The Kier molecular flexibility index (Phi) is 3.69. The molecular formula is C12H18N2O. The van der Waals surface area contributed by atoms with Gasteiger partial charge in [-0.15, -0.1) is 0 Å². The molecule has 15 heavy (non-hydrogen) atoms. The number of rotatable bonds is 3. The van der Waals surface area contributed by atoms with E-state index in [9.17, 15) is 0 Å². The standard InChI is InChI=1S/C12H18N2O/c1-13-12(10-5-4-7-14-9-10)11-6-2-3-8-15-11/h4-5,7,9,11-13H,2-3,6,8H2,1H3. The van der Waals surface area contributed by atoms with Crippen molar-refractivity contribution in [2.45, 2.75) is 31.4 Å². The van der Waals surface area contributed by atoms with Crippen molar-refractivity contribution < 1.29 is 4.74 Å². The second-order valence-electron chi connectivity index (χ2n) is 3.96. The second kappa shape index (κ2) is 5.24. The van der Waals surface area contributed by atoms with Crippen molar-refractivity contribution in [2.24, 2.45) is 0 Å². The highest BCUT2D eigenvalue weighted by Gasteiger charge is 2.24. The second-order valence-corrected chi connectivity index (χ2v) is 3.96. The van der Waals surface area contributed by atoms with E-state index < -0.39 is 0 Å². The fraction of sp³-hybridized carbons (Fsp3) is 0.583. The molecule has 3 heteroatoms. The Morgan fingerprint density at radius 2 is 2.47 bits per heavy atom. The molecule has 0 aliphatic carbocycles. The molecule has 0 amide bonds. The minimum absolute atomic E-state index is 0.277. The van der Waals surface area contributed by atoms with E-state index in [-0.39, 0.29) is 6.04 Å². The van der Waals surface area contributed by atoms with Crippen LogP contribution in [-0.2, 0) is 4.74 Å². The minimum Gasteiger partial charge on any atom is -0.376 e. The van der Waals surface area contributed by atoms with Gasteiger partial charge in [0.05, 0.1) is 12.1 Å². The highest BCUT2D eigenvalue weighted by atomic mass is 16.5. The molecule has 0 bridgehead atoms. The smallest absolute Gasteiger partial charge is 0.0770 e. The third kappa shape index (κ3) is 2.55. The lowest BCUT2D eigenvalue weighted by molar-refractivity contribution is -0.00668. The third-order valence-electron chi connectivity index (χ3n) is 2.94. The molecule has 2 unspecified atom stereocenters. The first-order chi connectivity index (χ1) is 7.42. The fourth-order valence-corrected chi connectivity index (χ4v) is 2.16. The number of nitrogens with zero attached hydrogens (tertiary/aromatic N) is 1. The van der Waals surface area contributed by atoms with E-state index in [0.717, 1.165) is 13.0 Å². The molecule has 0 saturated carbocycles. The quantitative estimate of drug-likeness (QED) is 0.820. The van der Waals surface area contributed by atoms with E-state index in [1.54, 1.807) is 6.20 Å². The summed E-state index contributed by atoms with van der Waals surface area (Å²) in [6.45, 7) is 0.892. The summed E-state index contributed by atoms with van der Waals surface area (Å²) in [5.74, 6) is 0. The summed E-state index contributed by atoms with van der Waals surface area (Å²) < 4.78 is 5.80. The Morgan fingerprint density at radius 1 is 1.53 bits per heavy atom. The van der Waals surface area contributed by atoms with Crippen LogP contribution >= 0.6 is 0 Å². The van der Waals surface area contributed by atoms with Crippen molar-refractivity contribution in [3.63, 3.8) is 0 Å². The molecule has 1 saturated heterocycles. The van der Waals surface area contributed by atoms with Crippen molar-refractivity contribution in [1.82, 2.24) is 10.3 Å². The summed E-state index contributed by atoms with van der Waals surface area (Å²) in [4.78, 5) is 4.15. The van der Waals surface area contributed by atoms with Gasteiger partial charge in [-0.3, -0.25) is 4.98 Å². The molecule has 2 heterocycles. The zero-order chi connectivity index (χ0) is 10.5. The highest BCUT2D eigenvalue weighted by Crippen LogP contribution is 2.25. The summed E-state index contributed by atoms with van der Waals surface area (Å²) in [5.41, 5.74) is 1.21. The zero-order valence-electron chi connectivity index (χ0n) is 9.15. The number of hydrogen-bond donors (Lipinski definition) is 1. The molecule has 1 aromatic heterocycles. The summed E-state index contributed by atoms with van der Waals surface area (Å²) in [5, 5.41) is 3.32. The van der Waals surface area contributed by atoms with Gasteiger partial charge in [-0.05, 0) is 37.9 Å². The Bertz CT molecular complexity index is 283. The van der Waals surface area contributed by atoms with Crippen LogP contribution in [0.1, 0.15) is 30.9 Å². The Hall–Kier alpha value is -0.930. The van der Waals surface area contributed by atoms with Crippen LogP contribution in [0.2, 0.25) is 0 Å². The molecule has 0 aromatic carbocycles. The maximum absolute atomic E-state index is 5.80. The molecule has 2 atom stereocenters. The largest absolute Gasteiger partial charge is 0.376 e. The monoisotopic (exact) mass is 206 g/mol. The van der Waals surface area contributed by atoms with Gasteiger partial charge in [0.15, 0.2) is 0 Å². The molecule has 82 valence electrons. The molecule has 1 N–H and O–H groups in total. The number of pyridine rings is 1. The van der Waals surface area contributed by atoms with Crippen molar-refractivity contribution in [3.8, 4) is 0 Å². The molecule has 3 nitrogen and oxygen atoms in total. The van der Waals surface area contributed by atoms with Crippen molar-refractivity contribution in [2.75, 3.05) is 13.7 Å². The lowest BCUT2D eigenvalue weighted by atomic mass is 9.97. The van der Waals surface area contributed by atoms with Gasteiger partial charge in [-0.2, -0.15) is 0 Å². The Balaban J connectivity index is 2.09. The van der Waals surface area contributed by atoms with Crippen LogP contribution in [0.5, 0.6) is 0 Å². The molecule has 1 aliphatic rings. The maximum atomic E-state index is 5.80. The van der Waals surface area contributed by atoms with E-state index >= 15 is 0 Å². The van der Waals surface area contributed by atoms with Gasteiger partial charge in [-0.25, -0.2) is 0 Å². The van der Waals surface area contributed by atoms with E-state index in [4.69, 9.17) is 4.74 Å². The van der Waals surface area contributed by atoms with Gasteiger partial charge in [0.2, 0.25) is 0 Å². The van der Waals surface area contributed by atoms with E-state index in [1.165, 1.54) is 18.4 Å². The average molecular weight is 206 g/mol. The molecule has 0 radical (unpaired) electrons. The van der Waals surface area contributed by atoms with Gasteiger partial charge in [0.25, 0.3) is 0 Å². The Morgan fingerprint density at radius 3 is 3.07 bits per heavy atom. The van der Waals surface area contributed by atoms with Gasteiger partial charge >= 0.3 is 0 Å². The van der Waals surface area contributed by atoms with Crippen LogP contribution in [-0.4, -0.2) is 24.7 Å². The van der Waals surface area contributed by atoms with Crippen LogP contribution in [0.25, 0.3) is 0 Å². The predicted octanol–water partition coefficient (Wildman–Crippen LogP) is 1.91. The zero-order valence-corrected chi connectivity index (χ0v) is 9.15. The van der Waals surface area contributed by atoms with Crippen molar-refractivity contribution in [3.05, 3.63) is 30.1 Å². The molecule has 0 spiro atoms. The first kappa shape index (κ1) is 10.6. The van der Waals surface area contributed by atoms with Crippen LogP contribution in [0, 0.1) is 0 Å². The first-order valence-electron chi connectivity index (χ1n) is 5.60. The molecule has 1 aromatic rings. The predicted molar refractivity (Wildman–Crippen MR) is 59.6 cm³/mol. The van der Waals surface area contributed by atoms with Gasteiger partial charge < -0.3 is 10.1 Å². The molecule has 1 aliphatic heterocycles. The normalized spacial score (nSPS) is 23.7. The summed E-state index contributed by atoms with van der Waals surface area (Å²) >= 11 is 0. The number of ether oxygens (including phenoxy) is 1. The van der Waals surface area contributed by atoms with Gasteiger partial charge in [-0.1, -0.05) is 6.07 Å². The lowest BCUT2D eigenvalue weighted by Gasteiger charge is -2.30. The highest BCUT2D eigenvalue weighted by molar-refractivity contribution is 5.15. The molecule has 2 rings (SSSR count). The van der Waals surface area contributed by atoms with E-state index in [1.807, 2.05) is 19.3 Å². The van der Waals surface area contributed by atoms with Crippen LogP contribution in [0.15, 0.2) is 24.5 Å². The Labute approximate surface area is 90.9 Å². The fourth-order valence-electron chi connectivity index (χ4n) is 2.16. The average Bonchev–Trinajstić information content (AvgIpc) is 2.33. The topological polar surface area (TPSA) is 34.2 Å². The number of nitrogens with one attached hydrogen (secondary N) is 1. The summed E-state index contributed by atoms with van der Waals surface area (Å²) in [7, 11) is 1.98. The van der Waals surface area contributed by atoms with Gasteiger partial charge in [0.1, 0.15) is 0 Å². The summed E-state index contributed by atoms with van der Waals surface area (Å²) in [6, 6.07) is 4.35.